The van der Waals surface area contributed by atoms with E-state index in [-0.39, 0.29) is 5.57 Å². The molecule has 0 aromatic rings. The van der Waals surface area contributed by atoms with Crippen molar-refractivity contribution in [3.63, 3.8) is 0 Å². The summed E-state index contributed by atoms with van der Waals surface area (Å²) in [6.45, 7) is 1.73. The number of allylic oxidation sites excluding steroid dienone is 3. The highest BCUT2D eigenvalue weighted by Gasteiger charge is 2.43. The quantitative estimate of drug-likeness (QED) is 0.418. The van der Waals surface area contributed by atoms with Crippen molar-refractivity contribution >= 4 is 11.6 Å². The van der Waals surface area contributed by atoms with Crippen LogP contribution in [0.3, 0.4) is 0 Å². The maximum atomic E-state index is 11.1. The maximum absolute atomic E-state index is 11.1. The van der Waals surface area contributed by atoms with Crippen molar-refractivity contribution in [1.29, 1.82) is 0 Å². The minimum absolute atomic E-state index is 0.141. The lowest BCUT2D eigenvalue weighted by Gasteiger charge is -1.99. The summed E-state index contributed by atoms with van der Waals surface area (Å²) in [5, 5.41) is 18.0. The molecule has 4 nitrogen and oxygen atoms in total. The molecule has 1 saturated carbocycles. The zero-order chi connectivity index (χ0) is 10.0. The lowest BCUT2D eigenvalue weighted by molar-refractivity contribution is -0.129. The molecular formula is C9H10O4. The van der Waals surface area contributed by atoms with Gasteiger partial charge in [-0.25, -0.2) is 0 Å². The van der Waals surface area contributed by atoms with E-state index in [0.717, 1.165) is 0 Å². The van der Waals surface area contributed by atoms with Crippen LogP contribution in [0, 0.1) is 0 Å². The molecule has 2 atom stereocenters. The first kappa shape index (κ1) is 9.83. The topological polar surface area (TPSA) is 74.6 Å². The van der Waals surface area contributed by atoms with Crippen molar-refractivity contribution < 1.29 is 19.8 Å². The lowest BCUT2D eigenvalue weighted by Crippen LogP contribution is -2.27. The monoisotopic (exact) mass is 182 g/mol. The standard InChI is InChI=1S/C9H10O4/c1-2-3-4-5-6(10)8(12)9(13)7(5)11/h2-4,8-9,12-13H,1H3. The highest BCUT2D eigenvalue weighted by atomic mass is 16.3. The van der Waals surface area contributed by atoms with Crippen LogP contribution in [0.25, 0.3) is 0 Å². The van der Waals surface area contributed by atoms with Gasteiger partial charge in [-0.3, -0.25) is 9.59 Å². The van der Waals surface area contributed by atoms with E-state index in [1.807, 2.05) is 0 Å². The van der Waals surface area contributed by atoms with Crippen molar-refractivity contribution in [1.82, 2.24) is 0 Å². The first-order chi connectivity index (χ1) is 6.09. The predicted octanol–water partition coefficient (Wildman–Crippen LogP) is -0.638. The Balaban J connectivity index is 3.01. The van der Waals surface area contributed by atoms with Gasteiger partial charge < -0.3 is 10.2 Å². The first-order valence-corrected chi connectivity index (χ1v) is 3.87. The average molecular weight is 182 g/mol. The number of rotatable bonds is 1. The predicted molar refractivity (Wildman–Crippen MR) is 44.9 cm³/mol. The third kappa shape index (κ3) is 1.59. The van der Waals surface area contributed by atoms with Crippen molar-refractivity contribution in [2.24, 2.45) is 0 Å². The fourth-order valence-electron chi connectivity index (χ4n) is 1.08. The fraction of sp³-hybridized carbons (Fsp3) is 0.333. The van der Waals surface area contributed by atoms with Gasteiger partial charge >= 0.3 is 0 Å². The molecular weight excluding hydrogens is 172 g/mol. The Labute approximate surface area is 75.2 Å². The minimum Gasteiger partial charge on any atom is -0.382 e. The second-order valence-electron chi connectivity index (χ2n) is 2.72. The molecule has 1 aliphatic carbocycles. The van der Waals surface area contributed by atoms with E-state index in [0.29, 0.717) is 0 Å². The molecule has 0 saturated heterocycles. The molecule has 1 aliphatic rings. The van der Waals surface area contributed by atoms with Crippen molar-refractivity contribution in [3.8, 4) is 0 Å². The van der Waals surface area contributed by atoms with Crippen molar-refractivity contribution in [3.05, 3.63) is 23.8 Å². The van der Waals surface area contributed by atoms with Gasteiger partial charge in [0.1, 0.15) is 0 Å². The largest absolute Gasteiger partial charge is 0.382 e. The lowest BCUT2D eigenvalue weighted by atomic mass is 10.2. The number of aliphatic hydroxyl groups excluding tert-OH is 2. The van der Waals surface area contributed by atoms with Gasteiger partial charge in [0.2, 0.25) is 0 Å². The SMILES string of the molecule is CC=CC=C1C(=O)C(O)C(O)C1=O. The normalized spacial score (nSPS) is 29.0. The highest BCUT2D eigenvalue weighted by molar-refractivity contribution is 6.29. The number of aliphatic hydroxyl groups is 2. The number of hydrogen-bond donors (Lipinski definition) is 2. The Kier molecular flexibility index (Phi) is 2.75. The molecule has 70 valence electrons. The summed E-state index contributed by atoms with van der Waals surface area (Å²) in [7, 11) is 0. The zero-order valence-electron chi connectivity index (χ0n) is 7.10. The van der Waals surface area contributed by atoms with Crippen LogP contribution in [0.1, 0.15) is 6.92 Å². The third-order valence-corrected chi connectivity index (χ3v) is 1.82. The van der Waals surface area contributed by atoms with E-state index in [1.165, 1.54) is 12.2 Å². The van der Waals surface area contributed by atoms with Gasteiger partial charge in [0.25, 0.3) is 0 Å². The molecule has 0 bridgehead atoms. The molecule has 0 aliphatic heterocycles. The molecule has 0 aromatic carbocycles. The zero-order valence-corrected chi connectivity index (χ0v) is 7.10. The Morgan fingerprint density at radius 2 is 1.62 bits per heavy atom. The highest BCUT2D eigenvalue weighted by Crippen LogP contribution is 2.18. The molecule has 0 amide bonds. The Hall–Kier alpha value is -1.26. The van der Waals surface area contributed by atoms with Gasteiger partial charge in [0.05, 0.1) is 5.57 Å². The summed E-state index contributed by atoms with van der Waals surface area (Å²) in [5.41, 5.74) is -0.141. The summed E-state index contributed by atoms with van der Waals surface area (Å²) in [5.74, 6) is -1.42. The second-order valence-corrected chi connectivity index (χ2v) is 2.72. The van der Waals surface area contributed by atoms with E-state index >= 15 is 0 Å². The van der Waals surface area contributed by atoms with Crippen LogP contribution in [0.5, 0.6) is 0 Å². The Morgan fingerprint density at radius 3 is 2.00 bits per heavy atom. The van der Waals surface area contributed by atoms with Gasteiger partial charge in [-0.2, -0.15) is 0 Å². The smallest absolute Gasteiger partial charge is 0.198 e. The molecule has 0 spiro atoms. The van der Waals surface area contributed by atoms with E-state index < -0.39 is 23.8 Å². The van der Waals surface area contributed by atoms with E-state index in [9.17, 15) is 9.59 Å². The number of carbonyl (C=O) groups is 2. The summed E-state index contributed by atoms with van der Waals surface area (Å²) in [4.78, 5) is 22.2. The summed E-state index contributed by atoms with van der Waals surface area (Å²) >= 11 is 0. The van der Waals surface area contributed by atoms with Crippen LogP contribution in [0.15, 0.2) is 23.8 Å². The molecule has 1 rings (SSSR count). The maximum Gasteiger partial charge on any atom is 0.198 e. The van der Waals surface area contributed by atoms with Gasteiger partial charge in [0.15, 0.2) is 23.8 Å². The third-order valence-electron chi connectivity index (χ3n) is 1.82. The average Bonchev–Trinajstić information content (AvgIpc) is 2.30. The van der Waals surface area contributed by atoms with Crippen LogP contribution < -0.4 is 0 Å². The second kappa shape index (κ2) is 3.64. The molecule has 2 unspecified atom stereocenters. The summed E-state index contributed by atoms with van der Waals surface area (Å²) in [6, 6.07) is 0. The van der Waals surface area contributed by atoms with Crippen LogP contribution in [-0.2, 0) is 9.59 Å². The first-order valence-electron chi connectivity index (χ1n) is 3.87. The van der Waals surface area contributed by atoms with Crippen molar-refractivity contribution in [2.75, 3.05) is 0 Å². The molecule has 0 aromatic heterocycles. The number of carbonyl (C=O) groups excluding carboxylic acids is 2. The number of Topliss-reactive ketones (excluding diaryl/α,β-unsaturated/α-hetero) is 2. The molecule has 0 heterocycles. The summed E-state index contributed by atoms with van der Waals surface area (Å²) in [6.07, 6.45) is 1.26. The molecule has 4 heteroatoms. The van der Waals surface area contributed by atoms with E-state index in [1.54, 1.807) is 13.0 Å². The summed E-state index contributed by atoms with van der Waals surface area (Å²) < 4.78 is 0. The van der Waals surface area contributed by atoms with Crippen LogP contribution in [-0.4, -0.2) is 34.0 Å². The molecule has 1 fully saturated rings. The number of hydrogen-bond acceptors (Lipinski definition) is 4. The van der Waals surface area contributed by atoms with Gasteiger partial charge in [0, 0.05) is 0 Å². The number of ketones is 2. The Bertz CT molecular complexity index is 279. The van der Waals surface area contributed by atoms with Gasteiger partial charge in [-0.15, -0.1) is 0 Å². The van der Waals surface area contributed by atoms with Crippen molar-refractivity contribution in [2.45, 2.75) is 19.1 Å². The Morgan fingerprint density at radius 1 is 1.15 bits per heavy atom. The molecule has 0 radical (unpaired) electrons. The van der Waals surface area contributed by atoms with Crippen LogP contribution in [0.4, 0.5) is 0 Å². The van der Waals surface area contributed by atoms with Crippen LogP contribution >= 0.6 is 0 Å². The van der Waals surface area contributed by atoms with Gasteiger partial charge in [-0.05, 0) is 13.0 Å². The minimum atomic E-state index is -1.59. The van der Waals surface area contributed by atoms with E-state index in [4.69, 9.17) is 10.2 Å². The fourth-order valence-corrected chi connectivity index (χ4v) is 1.08. The van der Waals surface area contributed by atoms with Crippen LogP contribution in [0.2, 0.25) is 0 Å². The van der Waals surface area contributed by atoms with Gasteiger partial charge in [-0.1, -0.05) is 12.2 Å². The molecule has 2 N–H and O–H groups in total. The molecule has 13 heavy (non-hydrogen) atoms. The van der Waals surface area contributed by atoms with E-state index in [2.05, 4.69) is 0 Å².